The van der Waals surface area contributed by atoms with Crippen molar-refractivity contribution >= 4 is 18.3 Å². The fourth-order valence-electron chi connectivity index (χ4n) is 2.56. The summed E-state index contributed by atoms with van der Waals surface area (Å²) in [4.78, 5) is 14.4. The van der Waals surface area contributed by atoms with E-state index >= 15 is 0 Å². The van der Waals surface area contributed by atoms with Crippen molar-refractivity contribution in [2.45, 2.75) is 13.3 Å². The van der Waals surface area contributed by atoms with Gasteiger partial charge in [-0.1, -0.05) is 19.1 Å². The first-order valence-electron chi connectivity index (χ1n) is 7.60. The summed E-state index contributed by atoms with van der Waals surface area (Å²) in [6.07, 6.45) is 0.567. The van der Waals surface area contributed by atoms with Gasteiger partial charge >= 0.3 is 0 Å². The number of carbonyl (C=O) groups is 1. The highest BCUT2D eigenvalue weighted by atomic mass is 35.5. The molecule has 1 aromatic carbocycles. The maximum Gasteiger partial charge on any atom is 0.223 e. The summed E-state index contributed by atoms with van der Waals surface area (Å²) >= 11 is 0. The molecule has 0 radical (unpaired) electrons. The maximum absolute atomic E-state index is 13.1. The molecule has 1 unspecified atom stereocenters. The number of nitrogens with zero attached hydrogens (tertiary/aromatic N) is 1. The zero-order valence-electron chi connectivity index (χ0n) is 13.0. The van der Waals surface area contributed by atoms with Crippen LogP contribution in [0.3, 0.4) is 0 Å². The summed E-state index contributed by atoms with van der Waals surface area (Å²) in [6.45, 7) is 7.55. The van der Waals surface area contributed by atoms with Crippen LogP contribution in [0.15, 0.2) is 24.3 Å². The standard InChI is InChI=1S/C16H24FN3O.ClH/c1-13(11-14-3-2-4-15(17)12-14)16(21)19-7-10-20-8-5-18-6-9-20;/h2-4,12-13,18H,5-11H2,1H3,(H,19,21);1H. The quantitative estimate of drug-likeness (QED) is 0.830. The van der Waals surface area contributed by atoms with Crippen molar-refractivity contribution in [3.63, 3.8) is 0 Å². The van der Waals surface area contributed by atoms with Crippen LogP contribution in [-0.4, -0.2) is 50.1 Å². The summed E-state index contributed by atoms with van der Waals surface area (Å²) in [5.74, 6) is -0.358. The lowest BCUT2D eigenvalue weighted by atomic mass is 10.0. The molecule has 0 aliphatic carbocycles. The van der Waals surface area contributed by atoms with Crippen molar-refractivity contribution in [2.24, 2.45) is 5.92 Å². The van der Waals surface area contributed by atoms with Crippen LogP contribution in [0.25, 0.3) is 0 Å². The summed E-state index contributed by atoms with van der Waals surface area (Å²) in [5, 5.41) is 6.27. The van der Waals surface area contributed by atoms with Crippen LogP contribution in [0.5, 0.6) is 0 Å². The van der Waals surface area contributed by atoms with Crippen LogP contribution in [0, 0.1) is 11.7 Å². The Bertz CT molecular complexity index is 466. The Labute approximate surface area is 137 Å². The third-order valence-corrected chi connectivity index (χ3v) is 3.82. The van der Waals surface area contributed by atoms with Crippen molar-refractivity contribution in [3.05, 3.63) is 35.6 Å². The van der Waals surface area contributed by atoms with Gasteiger partial charge in [0.05, 0.1) is 0 Å². The van der Waals surface area contributed by atoms with Crippen molar-refractivity contribution in [1.29, 1.82) is 0 Å². The smallest absolute Gasteiger partial charge is 0.223 e. The van der Waals surface area contributed by atoms with Crippen LogP contribution in [0.1, 0.15) is 12.5 Å². The summed E-state index contributed by atoms with van der Waals surface area (Å²) < 4.78 is 13.1. The molecule has 1 aromatic rings. The molecule has 2 rings (SSSR count). The van der Waals surface area contributed by atoms with E-state index in [0.717, 1.165) is 38.3 Å². The zero-order chi connectivity index (χ0) is 15.1. The highest BCUT2D eigenvalue weighted by Crippen LogP contribution is 2.10. The third-order valence-electron chi connectivity index (χ3n) is 3.82. The largest absolute Gasteiger partial charge is 0.355 e. The minimum Gasteiger partial charge on any atom is -0.355 e. The Kier molecular flexibility index (Phi) is 8.38. The molecule has 1 aliphatic heterocycles. The fraction of sp³-hybridized carbons (Fsp3) is 0.562. The second-order valence-electron chi connectivity index (χ2n) is 5.62. The molecule has 22 heavy (non-hydrogen) atoms. The summed E-state index contributed by atoms with van der Waals surface area (Å²) in [6, 6.07) is 6.44. The average Bonchev–Trinajstić information content (AvgIpc) is 2.48. The van der Waals surface area contributed by atoms with Crippen LogP contribution < -0.4 is 10.6 Å². The monoisotopic (exact) mass is 329 g/mol. The Hall–Kier alpha value is -1.17. The van der Waals surface area contributed by atoms with E-state index in [1.54, 1.807) is 6.07 Å². The SMILES string of the molecule is CC(Cc1cccc(F)c1)C(=O)NCCN1CCNCC1.Cl. The molecule has 0 bridgehead atoms. The van der Waals surface area contributed by atoms with E-state index in [0.29, 0.717) is 13.0 Å². The molecule has 4 nitrogen and oxygen atoms in total. The number of nitrogens with one attached hydrogen (secondary N) is 2. The van der Waals surface area contributed by atoms with Gasteiger partial charge in [-0.25, -0.2) is 4.39 Å². The van der Waals surface area contributed by atoms with Gasteiger partial charge in [-0.3, -0.25) is 9.69 Å². The van der Waals surface area contributed by atoms with Gasteiger partial charge in [-0.15, -0.1) is 12.4 Å². The Morgan fingerprint density at radius 1 is 1.41 bits per heavy atom. The van der Waals surface area contributed by atoms with Gasteiger partial charge in [-0.05, 0) is 24.1 Å². The molecule has 0 spiro atoms. The number of amides is 1. The van der Waals surface area contributed by atoms with Crippen molar-refractivity contribution < 1.29 is 9.18 Å². The predicted octanol–water partition coefficient (Wildman–Crippen LogP) is 1.45. The normalized spacial score (nSPS) is 16.6. The number of benzene rings is 1. The molecule has 1 heterocycles. The van der Waals surface area contributed by atoms with Crippen molar-refractivity contribution in [2.75, 3.05) is 39.3 Å². The minimum absolute atomic E-state index is 0. The van der Waals surface area contributed by atoms with E-state index in [4.69, 9.17) is 0 Å². The molecule has 1 aliphatic rings. The zero-order valence-corrected chi connectivity index (χ0v) is 13.8. The fourth-order valence-corrected chi connectivity index (χ4v) is 2.56. The van der Waals surface area contributed by atoms with E-state index in [2.05, 4.69) is 15.5 Å². The number of hydrogen-bond donors (Lipinski definition) is 2. The van der Waals surface area contributed by atoms with E-state index in [9.17, 15) is 9.18 Å². The average molecular weight is 330 g/mol. The first kappa shape index (κ1) is 18.9. The first-order chi connectivity index (χ1) is 10.1. The number of halogens is 2. The van der Waals surface area contributed by atoms with Gasteiger partial charge in [0.25, 0.3) is 0 Å². The lowest BCUT2D eigenvalue weighted by Gasteiger charge is -2.27. The molecule has 1 fully saturated rings. The number of carbonyl (C=O) groups excluding carboxylic acids is 1. The van der Waals surface area contributed by atoms with Gasteiger partial charge in [-0.2, -0.15) is 0 Å². The molecule has 0 aromatic heterocycles. The Balaban J connectivity index is 0.00000242. The molecular formula is C16H25ClFN3O. The minimum atomic E-state index is -0.251. The second kappa shape index (κ2) is 9.77. The second-order valence-corrected chi connectivity index (χ2v) is 5.62. The first-order valence-corrected chi connectivity index (χ1v) is 7.60. The van der Waals surface area contributed by atoms with Crippen LogP contribution in [-0.2, 0) is 11.2 Å². The van der Waals surface area contributed by atoms with E-state index in [1.165, 1.54) is 12.1 Å². The lowest BCUT2D eigenvalue weighted by Crippen LogP contribution is -2.46. The molecular weight excluding hydrogens is 305 g/mol. The molecule has 124 valence electrons. The summed E-state index contributed by atoms with van der Waals surface area (Å²) in [5.41, 5.74) is 0.861. The van der Waals surface area contributed by atoms with Gasteiger partial charge in [0.15, 0.2) is 0 Å². The molecule has 6 heteroatoms. The van der Waals surface area contributed by atoms with Crippen LogP contribution >= 0.6 is 12.4 Å². The highest BCUT2D eigenvalue weighted by molar-refractivity contribution is 5.85. The van der Waals surface area contributed by atoms with Gasteiger partial charge in [0.2, 0.25) is 5.91 Å². The van der Waals surface area contributed by atoms with Crippen LogP contribution in [0.2, 0.25) is 0 Å². The van der Waals surface area contributed by atoms with E-state index < -0.39 is 0 Å². The molecule has 2 N–H and O–H groups in total. The van der Waals surface area contributed by atoms with Crippen LogP contribution in [0.4, 0.5) is 4.39 Å². The predicted molar refractivity (Wildman–Crippen MR) is 88.8 cm³/mol. The van der Waals surface area contributed by atoms with E-state index in [-0.39, 0.29) is 30.0 Å². The summed E-state index contributed by atoms with van der Waals surface area (Å²) in [7, 11) is 0. The van der Waals surface area contributed by atoms with E-state index in [1.807, 2.05) is 13.0 Å². The third kappa shape index (κ3) is 6.30. The highest BCUT2D eigenvalue weighted by Gasteiger charge is 2.14. The number of hydrogen-bond acceptors (Lipinski definition) is 3. The van der Waals surface area contributed by atoms with Gasteiger partial charge < -0.3 is 10.6 Å². The maximum atomic E-state index is 13.1. The Morgan fingerprint density at radius 2 is 2.14 bits per heavy atom. The number of rotatable bonds is 6. The topological polar surface area (TPSA) is 44.4 Å². The van der Waals surface area contributed by atoms with Gasteiger partial charge in [0.1, 0.15) is 5.82 Å². The van der Waals surface area contributed by atoms with Crippen molar-refractivity contribution in [1.82, 2.24) is 15.5 Å². The molecule has 0 saturated carbocycles. The molecule has 1 saturated heterocycles. The van der Waals surface area contributed by atoms with Crippen molar-refractivity contribution in [3.8, 4) is 0 Å². The molecule has 1 atom stereocenters. The number of piperazine rings is 1. The lowest BCUT2D eigenvalue weighted by molar-refractivity contribution is -0.124. The molecule has 1 amide bonds. The Morgan fingerprint density at radius 3 is 2.82 bits per heavy atom. The van der Waals surface area contributed by atoms with Gasteiger partial charge in [0, 0.05) is 45.2 Å².